The van der Waals surface area contributed by atoms with Gasteiger partial charge in [-0.1, -0.05) is 19.4 Å². The number of fused-ring (bicyclic) bond motifs is 10. The van der Waals surface area contributed by atoms with E-state index in [1.54, 1.807) is 5.57 Å². The Hall–Kier alpha value is -1.12. The van der Waals surface area contributed by atoms with Gasteiger partial charge in [0.15, 0.2) is 5.78 Å². The smallest absolute Gasteiger partial charge is 0.306 e. The Balaban J connectivity index is 1.34. The molecule has 28 heavy (non-hydrogen) atoms. The standard InChI is InChI=1S/C25H32O3/c1-22-6-3-14(26)11-19(22)24(9-10-24)13-16-17(22)4-7-23(2)21(16)15-12-18(15)25(23)8-5-20(27)28-25/h11,15-18,21H,3-10,12-13H2,1-2H3/t15?,16?,17?,18?,21?,22-,23+,25?/m1/s1. The van der Waals surface area contributed by atoms with E-state index in [4.69, 9.17) is 4.74 Å². The van der Waals surface area contributed by atoms with Crippen molar-refractivity contribution in [3.63, 3.8) is 0 Å². The molecule has 150 valence electrons. The van der Waals surface area contributed by atoms with E-state index >= 15 is 0 Å². The molecule has 7 rings (SSSR count). The number of hydrogen-bond donors (Lipinski definition) is 0. The predicted octanol–water partition coefficient (Wildman–Crippen LogP) is 4.84. The molecular formula is C25H32O3. The van der Waals surface area contributed by atoms with E-state index in [-0.39, 0.29) is 22.4 Å². The van der Waals surface area contributed by atoms with Gasteiger partial charge in [-0.25, -0.2) is 0 Å². The van der Waals surface area contributed by atoms with Crippen molar-refractivity contribution in [1.29, 1.82) is 0 Å². The summed E-state index contributed by atoms with van der Waals surface area (Å²) in [4.78, 5) is 24.5. The lowest BCUT2D eigenvalue weighted by Gasteiger charge is -2.62. The van der Waals surface area contributed by atoms with Crippen LogP contribution >= 0.6 is 0 Å². The van der Waals surface area contributed by atoms with Crippen LogP contribution in [-0.4, -0.2) is 17.4 Å². The minimum absolute atomic E-state index is 0.0555. The molecule has 0 bridgehead atoms. The van der Waals surface area contributed by atoms with Crippen LogP contribution in [0.25, 0.3) is 0 Å². The lowest BCUT2D eigenvalue weighted by atomic mass is 9.43. The molecule has 3 nitrogen and oxygen atoms in total. The summed E-state index contributed by atoms with van der Waals surface area (Å²) in [5.74, 6) is 4.09. The topological polar surface area (TPSA) is 43.4 Å². The van der Waals surface area contributed by atoms with Crippen molar-refractivity contribution >= 4 is 11.8 Å². The van der Waals surface area contributed by atoms with Gasteiger partial charge in [-0.2, -0.15) is 0 Å². The van der Waals surface area contributed by atoms with Crippen LogP contribution in [0.1, 0.15) is 78.1 Å². The Bertz CT molecular complexity index is 852. The first-order chi connectivity index (χ1) is 13.3. The van der Waals surface area contributed by atoms with Crippen LogP contribution in [0.15, 0.2) is 11.6 Å². The van der Waals surface area contributed by atoms with Gasteiger partial charge in [0.25, 0.3) is 0 Å². The molecule has 6 fully saturated rings. The van der Waals surface area contributed by atoms with Gasteiger partial charge in [-0.05, 0) is 91.9 Å². The number of ketones is 1. The molecule has 1 saturated heterocycles. The highest BCUT2D eigenvalue weighted by Crippen LogP contribution is 2.81. The Morgan fingerprint density at radius 2 is 1.79 bits per heavy atom. The maximum absolute atomic E-state index is 12.3. The molecule has 0 aromatic carbocycles. The molecule has 3 heteroatoms. The second kappa shape index (κ2) is 4.62. The molecule has 0 radical (unpaired) electrons. The third-order valence-electron chi connectivity index (χ3n) is 11.2. The highest BCUT2D eigenvalue weighted by atomic mass is 16.6. The van der Waals surface area contributed by atoms with Crippen LogP contribution in [0, 0.1) is 45.8 Å². The maximum atomic E-state index is 12.3. The Labute approximate surface area is 167 Å². The van der Waals surface area contributed by atoms with E-state index in [0.29, 0.717) is 23.5 Å². The van der Waals surface area contributed by atoms with Gasteiger partial charge >= 0.3 is 5.97 Å². The quantitative estimate of drug-likeness (QED) is 0.565. The summed E-state index contributed by atoms with van der Waals surface area (Å²) in [5.41, 5.74) is 2.18. The lowest BCUT2D eigenvalue weighted by molar-refractivity contribution is -0.178. The molecule has 0 amide bonds. The fourth-order valence-electron chi connectivity index (χ4n) is 9.98. The minimum atomic E-state index is -0.138. The number of carbonyl (C=O) groups excluding carboxylic acids is 2. The fraction of sp³-hybridized carbons (Fsp3) is 0.840. The van der Waals surface area contributed by atoms with Gasteiger partial charge in [0.2, 0.25) is 0 Å². The van der Waals surface area contributed by atoms with Gasteiger partial charge < -0.3 is 4.74 Å². The third kappa shape index (κ3) is 1.64. The zero-order valence-electron chi connectivity index (χ0n) is 17.3. The maximum Gasteiger partial charge on any atom is 0.306 e. The van der Waals surface area contributed by atoms with E-state index in [9.17, 15) is 9.59 Å². The van der Waals surface area contributed by atoms with Crippen molar-refractivity contribution in [2.45, 2.75) is 83.7 Å². The van der Waals surface area contributed by atoms with Crippen molar-refractivity contribution < 1.29 is 14.3 Å². The molecule has 0 aromatic rings. The molecule has 1 aliphatic heterocycles. The molecule has 6 aliphatic carbocycles. The Morgan fingerprint density at radius 3 is 2.50 bits per heavy atom. The molecule has 0 N–H and O–H groups in total. The summed E-state index contributed by atoms with van der Waals surface area (Å²) in [7, 11) is 0. The molecule has 5 saturated carbocycles. The lowest BCUT2D eigenvalue weighted by Crippen LogP contribution is -2.58. The van der Waals surface area contributed by atoms with Gasteiger partial charge in [0.05, 0.1) is 0 Å². The predicted molar refractivity (Wildman–Crippen MR) is 104 cm³/mol. The summed E-state index contributed by atoms with van der Waals surface area (Å²) in [5, 5.41) is 0. The van der Waals surface area contributed by atoms with Crippen LogP contribution in [0.4, 0.5) is 0 Å². The first-order valence-electron chi connectivity index (χ1n) is 11.8. The summed E-state index contributed by atoms with van der Waals surface area (Å²) in [6.07, 6.45) is 13.2. The first kappa shape index (κ1) is 16.7. The van der Waals surface area contributed by atoms with E-state index in [0.717, 1.165) is 42.9 Å². The average Bonchev–Trinajstić information content (AvgIpc) is 3.55. The van der Waals surface area contributed by atoms with E-state index < -0.39 is 0 Å². The van der Waals surface area contributed by atoms with E-state index in [1.165, 1.54) is 38.5 Å². The van der Waals surface area contributed by atoms with Crippen molar-refractivity contribution in [1.82, 2.24) is 0 Å². The Morgan fingerprint density at radius 1 is 0.964 bits per heavy atom. The minimum Gasteiger partial charge on any atom is -0.458 e. The third-order valence-corrected chi connectivity index (χ3v) is 11.2. The SMILES string of the molecule is C[C@]12CCC(=O)C=C1C1(CC1)CC1C2CC[C@@]2(C)C1C1CC1C21CCC(=O)O1. The number of carbonyl (C=O) groups is 2. The second-order valence-electron chi connectivity index (χ2n) is 12.0. The van der Waals surface area contributed by atoms with Gasteiger partial charge in [-0.3, -0.25) is 9.59 Å². The summed E-state index contributed by atoms with van der Waals surface area (Å²) < 4.78 is 6.23. The number of hydrogen-bond acceptors (Lipinski definition) is 3. The number of allylic oxidation sites excluding steroid dienone is 1. The second-order valence-corrected chi connectivity index (χ2v) is 12.0. The van der Waals surface area contributed by atoms with Crippen LogP contribution in [0.2, 0.25) is 0 Å². The van der Waals surface area contributed by atoms with Crippen molar-refractivity contribution in [2.75, 3.05) is 0 Å². The molecule has 0 aromatic heterocycles. The highest BCUT2D eigenvalue weighted by Gasteiger charge is 2.80. The number of ether oxygens (including phenoxy) is 1. The highest BCUT2D eigenvalue weighted by molar-refractivity contribution is 5.92. The zero-order valence-corrected chi connectivity index (χ0v) is 17.3. The summed E-state index contributed by atoms with van der Waals surface area (Å²) >= 11 is 0. The average molecular weight is 381 g/mol. The number of rotatable bonds is 0. The van der Waals surface area contributed by atoms with Crippen molar-refractivity contribution in [2.24, 2.45) is 45.8 Å². The van der Waals surface area contributed by atoms with Gasteiger partial charge in [-0.15, -0.1) is 0 Å². The van der Waals surface area contributed by atoms with Gasteiger partial charge in [0, 0.05) is 24.2 Å². The molecule has 1 heterocycles. The fourth-order valence-corrected chi connectivity index (χ4v) is 9.98. The molecular weight excluding hydrogens is 348 g/mol. The molecule has 8 atom stereocenters. The van der Waals surface area contributed by atoms with E-state index in [1.807, 2.05) is 0 Å². The van der Waals surface area contributed by atoms with Gasteiger partial charge in [0.1, 0.15) is 5.60 Å². The molecule has 7 aliphatic rings. The Kier molecular flexibility index (Phi) is 2.75. The van der Waals surface area contributed by atoms with Crippen LogP contribution in [0.3, 0.4) is 0 Å². The van der Waals surface area contributed by atoms with Crippen LogP contribution < -0.4 is 0 Å². The van der Waals surface area contributed by atoms with E-state index in [2.05, 4.69) is 19.9 Å². The first-order valence-corrected chi connectivity index (χ1v) is 11.8. The number of esters is 1. The summed E-state index contributed by atoms with van der Waals surface area (Å²) in [6.45, 7) is 5.01. The molecule has 2 spiro atoms. The normalized spacial score (nSPS) is 57.2. The largest absolute Gasteiger partial charge is 0.458 e. The molecule has 6 unspecified atom stereocenters. The van der Waals surface area contributed by atoms with Crippen LogP contribution in [-0.2, 0) is 14.3 Å². The van der Waals surface area contributed by atoms with Crippen LogP contribution in [0.5, 0.6) is 0 Å². The summed E-state index contributed by atoms with van der Waals surface area (Å²) in [6, 6.07) is 0. The van der Waals surface area contributed by atoms with Crippen molar-refractivity contribution in [3.8, 4) is 0 Å². The zero-order chi connectivity index (χ0) is 19.1. The van der Waals surface area contributed by atoms with Crippen molar-refractivity contribution in [3.05, 3.63) is 11.6 Å². The monoisotopic (exact) mass is 380 g/mol.